The average molecular weight is 430 g/mol. The molecule has 32 heavy (non-hydrogen) atoms. The molecule has 1 fully saturated rings. The number of anilines is 2. The molecule has 162 valence electrons. The van der Waals surface area contributed by atoms with E-state index < -0.39 is 5.82 Å². The number of halogens is 1. The Kier molecular flexibility index (Phi) is 5.07. The average Bonchev–Trinajstić information content (AvgIpc) is 3.17. The van der Waals surface area contributed by atoms with Gasteiger partial charge in [0.1, 0.15) is 11.3 Å². The minimum absolute atomic E-state index is 0.144. The molecule has 0 radical (unpaired) electrons. The van der Waals surface area contributed by atoms with Crippen LogP contribution in [0.3, 0.4) is 0 Å². The normalized spacial score (nSPS) is 14.4. The van der Waals surface area contributed by atoms with Crippen molar-refractivity contribution < 1.29 is 9.18 Å². The number of hydrogen-bond acceptors (Lipinski definition) is 5. The van der Waals surface area contributed by atoms with Crippen molar-refractivity contribution in [2.75, 3.05) is 29.4 Å². The van der Waals surface area contributed by atoms with E-state index in [4.69, 9.17) is 5.73 Å². The Labute approximate surface area is 184 Å². The van der Waals surface area contributed by atoms with Crippen LogP contribution in [0, 0.1) is 12.7 Å². The predicted octanol–water partition coefficient (Wildman–Crippen LogP) is 3.18. The molecule has 2 aromatic carbocycles. The van der Waals surface area contributed by atoms with Crippen molar-refractivity contribution in [1.82, 2.24) is 14.8 Å². The van der Waals surface area contributed by atoms with Crippen molar-refractivity contribution >= 4 is 28.3 Å². The molecule has 0 aliphatic carbocycles. The minimum Gasteiger partial charge on any atom is -0.345 e. The molecule has 0 saturated carbocycles. The van der Waals surface area contributed by atoms with Crippen LogP contribution in [0.4, 0.5) is 15.9 Å². The molecule has 1 saturated heterocycles. The van der Waals surface area contributed by atoms with Gasteiger partial charge in [0.15, 0.2) is 5.82 Å². The van der Waals surface area contributed by atoms with Crippen LogP contribution >= 0.6 is 0 Å². The van der Waals surface area contributed by atoms with Gasteiger partial charge in [-0.25, -0.2) is 14.1 Å². The first kappa shape index (κ1) is 20.1. The number of pyridine rings is 1. The lowest BCUT2D eigenvalue weighted by Gasteiger charge is -2.35. The number of piperazine rings is 1. The molecule has 0 unspecified atom stereocenters. The van der Waals surface area contributed by atoms with E-state index in [1.807, 2.05) is 60.4 Å². The van der Waals surface area contributed by atoms with E-state index in [-0.39, 0.29) is 18.1 Å². The smallest absolute Gasteiger partial charge is 0.246 e. The van der Waals surface area contributed by atoms with Gasteiger partial charge < -0.3 is 15.5 Å². The summed E-state index contributed by atoms with van der Waals surface area (Å²) in [7, 11) is 0. The van der Waals surface area contributed by atoms with E-state index in [0.717, 1.165) is 22.8 Å². The van der Waals surface area contributed by atoms with Crippen molar-refractivity contribution in [1.29, 1.82) is 0 Å². The lowest BCUT2D eigenvalue weighted by molar-refractivity contribution is -0.118. The van der Waals surface area contributed by atoms with Gasteiger partial charge in [-0.1, -0.05) is 18.2 Å². The van der Waals surface area contributed by atoms with Crippen molar-refractivity contribution in [3.63, 3.8) is 0 Å². The van der Waals surface area contributed by atoms with Gasteiger partial charge in [0.05, 0.1) is 23.6 Å². The molecular formula is C24H23FN6O. The zero-order valence-electron chi connectivity index (χ0n) is 17.7. The number of carbonyl (C=O) groups is 1. The number of amides is 1. The fraction of sp³-hybridized carbons (Fsp3) is 0.208. The number of rotatable bonds is 4. The second-order valence-corrected chi connectivity index (χ2v) is 7.82. The fourth-order valence-corrected chi connectivity index (χ4v) is 4.18. The van der Waals surface area contributed by atoms with E-state index in [1.54, 1.807) is 16.9 Å². The summed E-state index contributed by atoms with van der Waals surface area (Å²) < 4.78 is 17.5. The van der Waals surface area contributed by atoms with Gasteiger partial charge in [0.2, 0.25) is 5.91 Å². The van der Waals surface area contributed by atoms with Gasteiger partial charge in [-0.2, -0.15) is 5.10 Å². The number of aromatic nitrogens is 3. The molecule has 4 aromatic rings. The standard InChI is InChI=1S/C24H23FN6O/c1-16-19-8-9-20(30-12-11-29(15-22(30)32)21-7-2-3-10-27-21)23(25)24(19)31(28-16)18-6-4-5-17(13-18)14-26/h2-10,13H,11-12,14-15,26H2,1H3. The third kappa shape index (κ3) is 3.38. The highest BCUT2D eigenvalue weighted by Crippen LogP contribution is 2.32. The highest BCUT2D eigenvalue weighted by Gasteiger charge is 2.29. The SMILES string of the molecule is Cc1nn(-c2cccc(CN)c2)c2c(F)c(N3CCN(c4ccccn4)CC3=O)ccc12. The minimum atomic E-state index is -0.458. The molecule has 2 N–H and O–H groups in total. The van der Waals surface area contributed by atoms with E-state index in [1.165, 1.54) is 4.90 Å². The van der Waals surface area contributed by atoms with Crippen molar-refractivity contribution in [3.05, 3.63) is 77.9 Å². The summed E-state index contributed by atoms with van der Waals surface area (Å²) in [6.45, 7) is 3.31. The predicted molar refractivity (Wildman–Crippen MR) is 122 cm³/mol. The quantitative estimate of drug-likeness (QED) is 0.538. The van der Waals surface area contributed by atoms with E-state index in [9.17, 15) is 4.79 Å². The zero-order valence-corrected chi connectivity index (χ0v) is 17.7. The molecule has 0 atom stereocenters. The molecule has 5 rings (SSSR count). The molecule has 1 amide bonds. The maximum absolute atomic E-state index is 15.9. The molecule has 8 heteroatoms. The second kappa shape index (κ2) is 8.05. The van der Waals surface area contributed by atoms with Crippen LogP contribution in [0.5, 0.6) is 0 Å². The maximum Gasteiger partial charge on any atom is 0.246 e. The summed E-state index contributed by atoms with van der Waals surface area (Å²) in [5, 5.41) is 5.28. The Morgan fingerprint density at radius 3 is 2.72 bits per heavy atom. The molecule has 1 aliphatic rings. The number of carbonyl (C=O) groups excluding carboxylic acids is 1. The number of nitrogens with two attached hydrogens (primary N) is 1. The lowest BCUT2D eigenvalue weighted by atomic mass is 10.1. The summed E-state index contributed by atoms with van der Waals surface area (Å²) in [6.07, 6.45) is 1.70. The fourth-order valence-electron chi connectivity index (χ4n) is 4.18. The third-order valence-corrected chi connectivity index (χ3v) is 5.82. The van der Waals surface area contributed by atoms with Crippen LogP contribution in [0.1, 0.15) is 11.3 Å². The number of hydrogen-bond donors (Lipinski definition) is 1. The summed E-state index contributed by atoms with van der Waals surface area (Å²) >= 11 is 0. The topological polar surface area (TPSA) is 80.3 Å². The van der Waals surface area contributed by atoms with E-state index in [2.05, 4.69) is 10.1 Å². The first-order valence-corrected chi connectivity index (χ1v) is 10.5. The molecule has 0 spiro atoms. The van der Waals surface area contributed by atoms with Crippen LogP contribution < -0.4 is 15.5 Å². The molecular weight excluding hydrogens is 407 g/mol. The van der Waals surface area contributed by atoms with Gasteiger partial charge in [-0.3, -0.25) is 4.79 Å². The Morgan fingerprint density at radius 1 is 1.09 bits per heavy atom. The van der Waals surface area contributed by atoms with Crippen molar-refractivity contribution in [2.45, 2.75) is 13.5 Å². The van der Waals surface area contributed by atoms with Gasteiger partial charge in [-0.05, 0) is 48.9 Å². The summed E-state index contributed by atoms with van der Waals surface area (Å²) in [5.41, 5.74) is 8.78. The number of fused-ring (bicyclic) bond motifs is 1. The summed E-state index contributed by atoms with van der Waals surface area (Å²) in [6, 6.07) is 16.6. The Morgan fingerprint density at radius 2 is 1.97 bits per heavy atom. The Balaban J connectivity index is 1.53. The highest BCUT2D eigenvalue weighted by molar-refractivity contribution is 6.00. The van der Waals surface area contributed by atoms with Crippen LogP contribution in [-0.2, 0) is 11.3 Å². The van der Waals surface area contributed by atoms with Crippen LogP contribution in [0.25, 0.3) is 16.6 Å². The highest BCUT2D eigenvalue weighted by atomic mass is 19.1. The third-order valence-electron chi connectivity index (χ3n) is 5.82. The molecule has 7 nitrogen and oxygen atoms in total. The van der Waals surface area contributed by atoms with Crippen LogP contribution in [0.15, 0.2) is 60.8 Å². The van der Waals surface area contributed by atoms with E-state index in [0.29, 0.717) is 30.5 Å². The second-order valence-electron chi connectivity index (χ2n) is 7.82. The van der Waals surface area contributed by atoms with Crippen molar-refractivity contribution in [2.24, 2.45) is 5.73 Å². The lowest BCUT2D eigenvalue weighted by Crippen LogP contribution is -2.51. The number of aryl methyl sites for hydroxylation is 1. The van der Waals surface area contributed by atoms with Gasteiger partial charge in [0.25, 0.3) is 0 Å². The molecule has 1 aliphatic heterocycles. The number of nitrogens with zero attached hydrogens (tertiary/aromatic N) is 5. The molecule has 3 heterocycles. The summed E-state index contributed by atoms with van der Waals surface area (Å²) in [5.74, 6) is 0.110. The Hall–Kier alpha value is -3.78. The van der Waals surface area contributed by atoms with Crippen molar-refractivity contribution in [3.8, 4) is 5.69 Å². The van der Waals surface area contributed by atoms with E-state index >= 15 is 4.39 Å². The largest absolute Gasteiger partial charge is 0.345 e. The zero-order chi connectivity index (χ0) is 22.2. The first-order chi connectivity index (χ1) is 15.6. The molecule has 0 bridgehead atoms. The maximum atomic E-state index is 15.9. The van der Waals surface area contributed by atoms with Crippen LogP contribution in [-0.4, -0.2) is 40.3 Å². The van der Waals surface area contributed by atoms with Crippen LogP contribution in [0.2, 0.25) is 0 Å². The number of benzene rings is 2. The van der Waals surface area contributed by atoms with Gasteiger partial charge in [-0.15, -0.1) is 0 Å². The monoisotopic (exact) mass is 430 g/mol. The first-order valence-electron chi connectivity index (χ1n) is 10.5. The van der Waals surface area contributed by atoms with Gasteiger partial charge >= 0.3 is 0 Å². The van der Waals surface area contributed by atoms with Gasteiger partial charge in [0, 0.05) is 31.2 Å². The molecule has 2 aromatic heterocycles. The Bertz CT molecular complexity index is 1300. The summed E-state index contributed by atoms with van der Waals surface area (Å²) in [4.78, 5) is 20.7.